The van der Waals surface area contributed by atoms with Crippen molar-refractivity contribution < 1.29 is 10.2 Å². The Balaban J connectivity index is 2.06. The van der Waals surface area contributed by atoms with Gasteiger partial charge in [-0.05, 0) is 11.4 Å². The minimum absolute atomic E-state index is 0.122. The first-order valence-corrected chi connectivity index (χ1v) is 7.07. The first-order chi connectivity index (χ1) is 8.20. The molecule has 0 aliphatic carbocycles. The zero-order valence-corrected chi connectivity index (χ0v) is 10.6. The van der Waals surface area contributed by atoms with Crippen molar-refractivity contribution in [3.8, 4) is 0 Å². The highest BCUT2D eigenvalue weighted by Gasteiger charge is 2.06. The van der Waals surface area contributed by atoms with Crippen molar-refractivity contribution in [1.82, 2.24) is 9.97 Å². The molecule has 7 heteroatoms. The quantitative estimate of drug-likeness (QED) is 0.741. The van der Waals surface area contributed by atoms with Gasteiger partial charge in [0, 0.05) is 5.75 Å². The van der Waals surface area contributed by atoms with Gasteiger partial charge in [-0.3, -0.25) is 4.79 Å². The summed E-state index contributed by atoms with van der Waals surface area (Å²) in [6.45, 7) is -0.249. The average molecular weight is 272 g/mol. The summed E-state index contributed by atoms with van der Waals surface area (Å²) in [5, 5.41) is 19.7. The van der Waals surface area contributed by atoms with Crippen LogP contribution in [0.5, 0.6) is 0 Å². The molecule has 2 rings (SSSR count). The Morgan fingerprint density at radius 1 is 1.59 bits per heavy atom. The Hall–Kier alpha value is -0.890. The summed E-state index contributed by atoms with van der Waals surface area (Å²) in [5.74, 6) is 1.52. The second-order valence-corrected chi connectivity index (χ2v) is 5.45. The SMILES string of the molecule is O=c1[nH]c(CSCC(O)CO)nc2ccsc12. The number of thiophene rings is 1. The molecule has 0 spiro atoms. The molecule has 1 atom stereocenters. The Morgan fingerprint density at radius 2 is 2.41 bits per heavy atom. The van der Waals surface area contributed by atoms with E-state index in [9.17, 15) is 4.79 Å². The lowest BCUT2D eigenvalue weighted by Gasteiger charge is -2.05. The molecular formula is C10H12N2O3S2. The largest absolute Gasteiger partial charge is 0.394 e. The molecule has 0 amide bonds. The van der Waals surface area contributed by atoms with E-state index in [2.05, 4.69) is 9.97 Å². The maximum Gasteiger partial charge on any atom is 0.268 e. The van der Waals surface area contributed by atoms with E-state index in [-0.39, 0.29) is 12.2 Å². The summed E-state index contributed by atoms with van der Waals surface area (Å²) < 4.78 is 0.633. The number of nitrogens with one attached hydrogen (secondary N) is 1. The van der Waals surface area contributed by atoms with Crippen molar-refractivity contribution in [3.63, 3.8) is 0 Å². The molecule has 0 saturated carbocycles. The molecule has 0 saturated heterocycles. The molecule has 3 N–H and O–H groups in total. The van der Waals surface area contributed by atoms with Crippen molar-refractivity contribution >= 4 is 33.3 Å². The number of H-pyrrole nitrogens is 1. The number of hydrogen-bond donors (Lipinski definition) is 3. The van der Waals surface area contributed by atoms with Crippen LogP contribution < -0.4 is 5.56 Å². The molecule has 0 fully saturated rings. The van der Waals surface area contributed by atoms with Gasteiger partial charge in [0.25, 0.3) is 5.56 Å². The lowest BCUT2D eigenvalue weighted by molar-refractivity contribution is 0.113. The fraction of sp³-hybridized carbons (Fsp3) is 0.400. The van der Waals surface area contributed by atoms with Crippen LogP contribution in [0.3, 0.4) is 0 Å². The summed E-state index contributed by atoms with van der Waals surface area (Å²) in [6, 6.07) is 1.81. The van der Waals surface area contributed by atoms with E-state index < -0.39 is 6.10 Å². The summed E-state index contributed by atoms with van der Waals surface area (Å²) in [5.41, 5.74) is 0.584. The molecular weight excluding hydrogens is 260 g/mol. The first-order valence-electron chi connectivity index (χ1n) is 5.03. The van der Waals surface area contributed by atoms with Crippen molar-refractivity contribution in [2.75, 3.05) is 12.4 Å². The van der Waals surface area contributed by atoms with Gasteiger partial charge in [0.05, 0.1) is 24.0 Å². The molecule has 1 unspecified atom stereocenters. The Morgan fingerprint density at radius 3 is 3.18 bits per heavy atom. The maximum absolute atomic E-state index is 11.6. The third-order valence-corrected chi connectivity index (χ3v) is 4.12. The number of aromatic nitrogens is 2. The monoisotopic (exact) mass is 272 g/mol. The first kappa shape index (κ1) is 12.6. The van der Waals surface area contributed by atoms with E-state index in [0.29, 0.717) is 27.5 Å². The van der Waals surface area contributed by atoms with Crippen molar-refractivity contribution in [3.05, 3.63) is 27.6 Å². The number of aliphatic hydroxyl groups excluding tert-OH is 2. The smallest absolute Gasteiger partial charge is 0.268 e. The maximum atomic E-state index is 11.6. The number of aromatic amines is 1. The van der Waals surface area contributed by atoms with Gasteiger partial charge in [-0.15, -0.1) is 11.3 Å². The highest BCUT2D eigenvalue weighted by atomic mass is 32.2. The highest BCUT2D eigenvalue weighted by molar-refractivity contribution is 7.98. The Bertz CT molecular complexity index is 552. The van der Waals surface area contributed by atoms with Gasteiger partial charge in [-0.2, -0.15) is 11.8 Å². The van der Waals surface area contributed by atoms with Gasteiger partial charge in [-0.25, -0.2) is 4.98 Å². The van der Waals surface area contributed by atoms with Crippen LogP contribution in [0.15, 0.2) is 16.2 Å². The highest BCUT2D eigenvalue weighted by Crippen LogP contribution is 2.16. The van der Waals surface area contributed by atoms with Crippen LogP contribution in [0.1, 0.15) is 5.82 Å². The third kappa shape index (κ3) is 3.06. The van der Waals surface area contributed by atoms with Crippen LogP contribution in [0.4, 0.5) is 0 Å². The van der Waals surface area contributed by atoms with E-state index in [1.54, 1.807) is 0 Å². The number of aliphatic hydroxyl groups is 2. The molecule has 92 valence electrons. The van der Waals surface area contributed by atoms with Crippen LogP contribution in [0, 0.1) is 0 Å². The molecule has 2 aromatic rings. The predicted octanol–water partition coefficient (Wildman–Crippen LogP) is 0.571. The minimum Gasteiger partial charge on any atom is -0.394 e. The molecule has 5 nitrogen and oxygen atoms in total. The van der Waals surface area contributed by atoms with E-state index in [0.717, 1.165) is 0 Å². The summed E-state index contributed by atoms with van der Waals surface area (Å²) in [7, 11) is 0. The van der Waals surface area contributed by atoms with Crippen molar-refractivity contribution in [1.29, 1.82) is 0 Å². The van der Waals surface area contributed by atoms with Gasteiger partial charge in [0.2, 0.25) is 0 Å². The van der Waals surface area contributed by atoms with Crippen LogP contribution in [-0.4, -0.2) is 38.6 Å². The van der Waals surface area contributed by atoms with E-state index in [1.165, 1.54) is 23.1 Å². The topological polar surface area (TPSA) is 86.2 Å². The van der Waals surface area contributed by atoms with E-state index in [4.69, 9.17) is 10.2 Å². The van der Waals surface area contributed by atoms with E-state index >= 15 is 0 Å². The van der Waals surface area contributed by atoms with Gasteiger partial charge < -0.3 is 15.2 Å². The van der Waals surface area contributed by atoms with Crippen LogP contribution in [-0.2, 0) is 5.75 Å². The van der Waals surface area contributed by atoms with Gasteiger partial charge in [0.15, 0.2) is 0 Å². The number of hydrogen-bond acceptors (Lipinski definition) is 6. The summed E-state index contributed by atoms with van der Waals surface area (Å²) >= 11 is 2.79. The Kier molecular flexibility index (Phi) is 4.16. The molecule has 0 aliphatic heterocycles. The van der Waals surface area contributed by atoms with Gasteiger partial charge >= 0.3 is 0 Å². The van der Waals surface area contributed by atoms with E-state index in [1.807, 2.05) is 11.4 Å². The molecule has 0 aromatic carbocycles. The summed E-state index contributed by atoms with van der Waals surface area (Å²) in [4.78, 5) is 18.6. The lowest BCUT2D eigenvalue weighted by Crippen LogP contribution is -2.15. The molecule has 17 heavy (non-hydrogen) atoms. The zero-order valence-electron chi connectivity index (χ0n) is 8.92. The number of fused-ring (bicyclic) bond motifs is 1. The molecule has 2 heterocycles. The molecule has 0 bridgehead atoms. The normalized spacial score (nSPS) is 13.1. The van der Waals surface area contributed by atoms with Crippen LogP contribution in [0.25, 0.3) is 10.2 Å². The fourth-order valence-corrected chi connectivity index (χ4v) is 2.89. The molecule has 2 aromatic heterocycles. The van der Waals surface area contributed by atoms with Gasteiger partial charge in [0.1, 0.15) is 10.5 Å². The summed E-state index contributed by atoms with van der Waals surface area (Å²) in [6.07, 6.45) is -0.725. The zero-order chi connectivity index (χ0) is 12.3. The van der Waals surface area contributed by atoms with Crippen LogP contribution in [0.2, 0.25) is 0 Å². The number of nitrogens with zero attached hydrogens (tertiary/aromatic N) is 1. The average Bonchev–Trinajstić information content (AvgIpc) is 2.77. The number of rotatable bonds is 5. The minimum atomic E-state index is -0.725. The fourth-order valence-electron chi connectivity index (χ4n) is 1.33. The van der Waals surface area contributed by atoms with Crippen molar-refractivity contribution in [2.24, 2.45) is 0 Å². The molecule has 0 radical (unpaired) electrons. The second-order valence-electron chi connectivity index (χ2n) is 3.50. The van der Waals surface area contributed by atoms with Crippen LogP contribution >= 0.6 is 23.1 Å². The number of thioether (sulfide) groups is 1. The third-order valence-electron chi connectivity index (χ3n) is 2.12. The lowest BCUT2D eigenvalue weighted by atomic mass is 10.4. The van der Waals surface area contributed by atoms with Gasteiger partial charge in [-0.1, -0.05) is 0 Å². The Labute approximate surface area is 106 Å². The second kappa shape index (κ2) is 5.63. The predicted molar refractivity (Wildman–Crippen MR) is 69.5 cm³/mol. The molecule has 0 aliphatic rings. The standard InChI is InChI=1S/C10H12N2O3S2/c13-3-6(14)4-16-5-8-11-7-1-2-17-9(7)10(15)12-8/h1-2,6,13-14H,3-5H2,(H,11,12,15). The van der Waals surface area contributed by atoms with Crippen molar-refractivity contribution in [2.45, 2.75) is 11.9 Å².